The van der Waals surface area contributed by atoms with E-state index in [0.717, 1.165) is 5.56 Å². The minimum absolute atomic E-state index is 0.237. The predicted molar refractivity (Wildman–Crippen MR) is 112 cm³/mol. The summed E-state index contributed by atoms with van der Waals surface area (Å²) in [6.45, 7) is 5.79. The standard InChI is InChI=1S/C22H18ClFN4O2/c1-3-11-28-13(2)18(19(25-22(28)29)15-5-4-6-17(24)12-15)21-26-20(27-30-21)14-7-9-16(23)10-8-14/h3-10,12,19H,1,11H2,2H3,(H,25,29). The lowest BCUT2D eigenvalue weighted by molar-refractivity contribution is 0.209. The van der Waals surface area contributed by atoms with Crippen molar-refractivity contribution >= 4 is 23.2 Å². The van der Waals surface area contributed by atoms with E-state index in [1.165, 1.54) is 17.0 Å². The van der Waals surface area contributed by atoms with Gasteiger partial charge < -0.3 is 9.84 Å². The third-order valence-electron chi connectivity index (χ3n) is 4.85. The van der Waals surface area contributed by atoms with Gasteiger partial charge in [0.2, 0.25) is 5.82 Å². The molecule has 152 valence electrons. The molecule has 3 aromatic rings. The van der Waals surface area contributed by atoms with Crippen LogP contribution in [0.1, 0.15) is 24.4 Å². The van der Waals surface area contributed by atoms with Gasteiger partial charge in [-0.05, 0) is 48.9 Å². The molecule has 1 aromatic heterocycles. The maximum atomic E-state index is 13.9. The first kappa shape index (κ1) is 19.8. The Kier molecular flexibility index (Phi) is 5.37. The fourth-order valence-electron chi connectivity index (χ4n) is 3.39. The van der Waals surface area contributed by atoms with E-state index in [-0.39, 0.29) is 11.9 Å². The highest BCUT2D eigenvalue weighted by atomic mass is 35.5. The average molecular weight is 425 g/mol. The van der Waals surface area contributed by atoms with Gasteiger partial charge in [0.15, 0.2) is 0 Å². The van der Waals surface area contributed by atoms with Crippen molar-refractivity contribution in [2.24, 2.45) is 0 Å². The van der Waals surface area contributed by atoms with Crippen LogP contribution in [0.25, 0.3) is 17.0 Å². The van der Waals surface area contributed by atoms with Crippen LogP contribution in [0.3, 0.4) is 0 Å². The van der Waals surface area contributed by atoms with E-state index in [4.69, 9.17) is 16.1 Å². The van der Waals surface area contributed by atoms with Crippen molar-refractivity contribution in [3.05, 3.63) is 89.2 Å². The number of halogens is 2. The zero-order valence-electron chi connectivity index (χ0n) is 16.1. The molecule has 1 aliphatic rings. The molecule has 0 radical (unpaired) electrons. The van der Waals surface area contributed by atoms with Crippen LogP contribution in [0, 0.1) is 5.82 Å². The van der Waals surface area contributed by atoms with Crippen molar-refractivity contribution in [3.8, 4) is 11.4 Å². The van der Waals surface area contributed by atoms with Crippen molar-refractivity contribution in [2.75, 3.05) is 6.54 Å². The number of benzene rings is 2. The molecule has 8 heteroatoms. The topological polar surface area (TPSA) is 71.3 Å². The van der Waals surface area contributed by atoms with Crippen molar-refractivity contribution in [3.63, 3.8) is 0 Å². The smallest absolute Gasteiger partial charge is 0.322 e. The van der Waals surface area contributed by atoms with E-state index >= 15 is 0 Å². The van der Waals surface area contributed by atoms with Crippen LogP contribution in [0.2, 0.25) is 5.02 Å². The minimum atomic E-state index is -0.646. The van der Waals surface area contributed by atoms with Crippen LogP contribution in [0.4, 0.5) is 9.18 Å². The van der Waals surface area contributed by atoms with Crippen molar-refractivity contribution in [2.45, 2.75) is 13.0 Å². The molecule has 30 heavy (non-hydrogen) atoms. The van der Waals surface area contributed by atoms with Gasteiger partial charge >= 0.3 is 6.03 Å². The Balaban J connectivity index is 1.82. The molecule has 0 aliphatic carbocycles. The quantitative estimate of drug-likeness (QED) is 0.570. The van der Waals surface area contributed by atoms with E-state index in [1.807, 2.05) is 0 Å². The Morgan fingerprint density at radius 3 is 2.77 bits per heavy atom. The molecule has 0 fully saturated rings. The van der Waals surface area contributed by atoms with Crippen LogP contribution in [0.5, 0.6) is 0 Å². The van der Waals surface area contributed by atoms with Crippen LogP contribution < -0.4 is 5.32 Å². The lowest BCUT2D eigenvalue weighted by Crippen LogP contribution is -2.46. The van der Waals surface area contributed by atoms with Gasteiger partial charge in [-0.1, -0.05) is 35.0 Å². The molecule has 1 N–H and O–H groups in total. The number of hydrogen-bond donors (Lipinski definition) is 1. The number of allylic oxidation sites excluding steroid dienone is 1. The Labute approximate surface area is 177 Å². The number of aromatic nitrogens is 2. The predicted octanol–water partition coefficient (Wildman–Crippen LogP) is 5.21. The molecule has 1 unspecified atom stereocenters. The second kappa shape index (κ2) is 8.12. The molecule has 0 saturated carbocycles. The van der Waals surface area contributed by atoms with Gasteiger partial charge in [-0.25, -0.2) is 9.18 Å². The third kappa shape index (κ3) is 3.71. The zero-order valence-corrected chi connectivity index (χ0v) is 16.9. The Morgan fingerprint density at radius 2 is 2.07 bits per heavy atom. The number of hydrogen-bond acceptors (Lipinski definition) is 4. The Hall–Kier alpha value is -3.45. The molecule has 0 bridgehead atoms. The first-order chi connectivity index (χ1) is 14.5. The highest BCUT2D eigenvalue weighted by Crippen LogP contribution is 2.37. The van der Waals surface area contributed by atoms with E-state index in [9.17, 15) is 9.18 Å². The highest BCUT2D eigenvalue weighted by molar-refractivity contribution is 6.30. The molecule has 2 amide bonds. The first-order valence-electron chi connectivity index (χ1n) is 9.23. The van der Waals surface area contributed by atoms with Gasteiger partial charge in [0.05, 0.1) is 11.6 Å². The largest absolute Gasteiger partial charge is 0.334 e. The normalized spacial score (nSPS) is 16.6. The zero-order chi connectivity index (χ0) is 21.3. The molecule has 2 aromatic carbocycles. The van der Waals surface area contributed by atoms with Crippen LogP contribution in [-0.2, 0) is 0 Å². The van der Waals surface area contributed by atoms with Crippen LogP contribution in [0.15, 0.2) is 71.4 Å². The maximum Gasteiger partial charge on any atom is 0.322 e. The number of carbonyl (C=O) groups is 1. The van der Waals surface area contributed by atoms with E-state index in [0.29, 0.717) is 34.2 Å². The van der Waals surface area contributed by atoms with Gasteiger partial charge in [-0.3, -0.25) is 4.90 Å². The van der Waals surface area contributed by atoms with E-state index < -0.39 is 11.9 Å². The molecule has 0 saturated heterocycles. The summed E-state index contributed by atoms with van der Waals surface area (Å²) in [5, 5.41) is 7.57. The molecule has 1 aliphatic heterocycles. The second-order valence-corrected chi connectivity index (χ2v) is 7.20. The summed E-state index contributed by atoms with van der Waals surface area (Å²) >= 11 is 5.95. The fourth-order valence-corrected chi connectivity index (χ4v) is 3.52. The number of rotatable bonds is 5. The van der Waals surface area contributed by atoms with Gasteiger partial charge in [-0.15, -0.1) is 6.58 Å². The summed E-state index contributed by atoms with van der Waals surface area (Å²) in [6.07, 6.45) is 1.62. The highest BCUT2D eigenvalue weighted by Gasteiger charge is 2.35. The van der Waals surface area contributed by atoms with Crippen molar-refractivity contribution < 1.29 is 13.7 Å². The summed E-state index contributed by atoms with van der Waals surface area (Å²) in [4.78, 5) is 18.7. The molecule has 1 atom stereocenters. The number of amides is 2. The van der Waals surface area contributed by atoms with Gasteiger partial charge in [-0.2, -0.15) is 4.98 Å². The summed E-state index contributed by atoms with van der Waals surface area (Å²) < 4.78 is 19.4. The van der Waals surface area contributed by atoms with E-state index in [1.54, 1.807) is 49.4 Å². The molecule has 2 heterocycles. The van der Waals surface area contributed by atoms with Gasteiger partial charge in [0.1, 0.15) is 5.82 Å². The van der Waals surface area contributed by atoms with E-state index in [2.05, 4.69) is 22.0 Å². The van der Waals surface area contributed by atoms with Gasteiger partial charge in [0.25, 0.3) is 5.89 Å². The lowest BCUT2D eigenvalue weighted by Gasteiger charge is -2.34. The second-order valence-electron chi connectivity index (χ2n) is 6.77. The monoisotopic (exact) mass is 424 g/mol. The third-order valence-corrected chi connectivity index (χ3v) is 5.10. The average Bonchev–Trinajstić information content (AvgIpc) is 3.21. The summed E-state index contributed by atoms with van der Waals surface area (Å²) in [5.74, 6) is 0.215. The molecular formula is C22H18ClFN4O2. The maximum absolute atomic E-state index is 13.9. The lowest BCUT2D eigenvalue weighted by atomic mass is 9.94. The Bertz CT molecular complexity index is 1140. The molecule has 4 rings (SSSR count). The number of nitrogens with one attached hydrogen (secondary N) is 1. The molecule has 6 nitrogen and oxygen atoms in total. The van der Waals surface area contributed by atoms with Crippen LogP contribution >= 0.6 is 11.6 Å². The fraction of sp³-hybridized carbons (Fsp3) is 0.136. The molecule has 0 spiro atoms. The summed E-state index contributed by atoms with van der Waals surface area (Å²) in [5.41, 5.74) is 2.52. The SMILES string of the molecule is C=CCN1C(=O)NC(c2cccc(F)c2)C(c2nc(-c3ccc(Cl)cc3)no2)=C1C. The summed E-state index contributed by atoms with van der Waals surface area (Å²) in [6, 6.07) is 12.1. The van der Waals surface area contributed by atoms with Crippen molar-refractivity contribution in [1.82, 2.24) is 20.4 Å². The number of nitrogens with zero attached hydrogens (tertiary/aromatic N) is 3. The Morgan fingerprint density at radius 1 is 1.30 bits per heavy atom. The molecular weight excluding hydrogens is 407 g/mol. The number of carbonyl (C=O) groups excluding carboxylic acids is 1. The minimum Gasteiger partial charge on any atom is -0.334 e. The van der Waals surface area contributed by atoms with Gasteiger partial charge in [0, 0.05) is 22.8 Å². The first-order valence-corrected chi connectivity index (χ1v) is 9.61. The van der Waals surface area contributed by atoms with Crippen LogP contribution in [-0.4, -0.2) is 27.6 Å². The summed E-state index contributed by atoms with van der Waals surface area (Å²) in [7, 11) is 0. The van der Waals surface area contributed by atoms with Crippen molar-refractivity contribution in [1.29, 1.82) is 0 Å². The number of urea groups is 1.